The fourth-order valence-corrected chi connectivity index (χ4v) is 4.85. The van der Waals surface area contributed by atoms with Gasteiger partial charge in [0, 0.05) is 21.2 Å². The zero-order valence-corrected chi connectivity index (χ0v) is 14.9. The van der Waals surface area contributed by atoms with Gasteiger partial charge in [0.1, 0.15) is 0 Å². The number of rotatable bonds is 2. The number of carbonyl (C=O) groups is 1. The first-order chi connectivity index (χ1) is 10.5. The Morgan fingerprint density at radius 1 is 1.18 bits per heavy atom. The highest BCUT2D eigenvalue weighted by atomic mass is 32.2. The van der Waals surface area contributed by atoms with Crippen LogP contribution in [0.5, 0.6) is 0 Å². The van der Waals surface area contributed by atoms with Gasteiger partial charge in [0.05, 0.1) is 4.91 Å². The molecule has 1 aromatic heterocycles. The summed E-state index contributed by atoms with van der Waals surface area (Å²) in [6.07, 6.45) is 2.04. The number of amides is 1. The lowest BCUT2D eigenvalue weighted by atomic mass is 10.1. The molecule has 114 valence electrons. The zero-order chi connectivity index (χ0) is 15.9. The minimum Gasteiger partial charge on any atom is -0.321 e. The third kappa shape index (κ3) is 2.85. The van der Waals surface area contributed by atoms with Crippen LogP contribution in [0.3, 0.4) is 0 Å². The maximum absolute atomic E-state index is 12.5. The maximum atomic E-state index is 12.5. The van der Waals surface area contributed by atoms with Crippen LogP contribution in [-0.2, 0) is 10.5 Å². The lowest BCUT2D eigenvalue weighted by molar-refractivity contribution is -0.112. The van der Waals surface area contributed by atoms with E-state index in [0.29, 0.717) is 0 Å². The average Bonchev–Trinajstić information content (AvgIpc) is 2.77. The van der Waals surface area contributed by atoms with Gasteiger partial charge in [-0.3, -0.25) is 4.79 Å². The molecule has 0 bridgehead atoms. The highest BCUT2D eigenvalue weighted by Crippen LogP contribution is 2.39. The highest BCUT2D eigenvalue weighted by Gasteiger charge is 2.21. The Hall–Kier alpha value is -1.52. The summed E-state index contributed by atoms with van der Waals surface area (Å²) in [6, 6.07) is 6.12. The number of fused-ring (bicyclic) bond motifs is 1. The molecule has 2 heterocycles. The quantitative estimate of drug-likeness (QED) is 0.819. The molecule has 1 aromatic carbocycles. The van der Waals surface area contributed by atoms with E-state index in [-0.39, 0.29) is 5.91 Å². The molecule has 1 aliphatic heterocycles. The maximum Gasteiger partial charge on any atom is 0.262 e. The van der Waals surface area contributed by atoms with Gasteiger partial charge < -0.3 is 5.32 Å². The largest absolute Gasteiger partial charge is 0.321 e. The summed E-state index contributed by atoms with van der Waals surface area (Å²) < 4.78 is 0. The van der Waals surface area contributed by atoms with Gasteiger partial charge >= 0.3 is 0 Å². The molecular weight excluding hydrogens is 310 g/mol. The fraction of sp³-hybridized carbons (Fsp3) is 0.278. The van der Waals surface area contributed by atoms with Crippen LogP contribution in [0.1, 0.15) is 32.0 Å². The van der Waals surface area contributed by atoms with E-state index in [1.54, 1.807) is 23.1 Å². The second kappa shape index (κ2) is 5.94. The molecule has 4 heteroatoms. The van der Waals surface area contributed by atoms with Crippen molar-refractivity contribution >= 4 is 40.8 Å². The molecule has 3 rings (SSSR count). The normalized spacial score (nSPS) is 13.5. The van der Waals surface area contributed by atoms with Crippen molar-refractivity contribution in [1.82, 2.24) is 0 Å². The van der Waals surface area contributed by atoms with Crippen molar-refractivity contribution in [3.8, 4) is 0 Å². The number of anilines is 1. The van der Waals surface area contributed by atoms with Gasteiger partial charge in [0.2, 0.25) is 0 Å². The minimum absolute atomic E-state index is 0.00643. The predicted octanol–water partition coefficient (Wildman–Crippen LogP) is 5.21. The zero-order valence-electron chi connectivity index (χ0n) is 13.2. The highest BCUT2D eigenvalue weighted by molar-refractivity contribution is 8.03. The van der Waals surface area contributed by atoms with Crippen LogP contribution >= 0.6 is 23.1 Å². The number of aryl methyl sites for hydroxylation is 3. The molecule has 1 N–H and O–H groups in total. The molecule has 0 fully saturated rings. The summed E-state index contributed by atoms with van der Waals surface area (Å²) >= 11 is 3.41. The first-order valence-corrected chi connectivity index (χ1v) is 9.08. The smallest absolute Gasteiger partial charge is 0.262 e. The van der Waals surface area contributed by atoms with Crippen molar-refractivity contribution in [3.05, 3.63) is 55.1 Å². The van der Waals surface area contributed by atoms with Crippen LogP contribution in [0.2, 0.25) is 0 Å². The monoisotopic (exact) mass is 329 g/mol. The molecule has 0 unspecified atom stereocenters. The average molecular weight is 329 g/mol. The molecule has 22 heavy (non-hydrogen) atoms. The van der Waals surface area contributed by atoms with Crippen molar-refractivity contribution in [3.63, 3.8) is 0 Å². The molecule has 0 spiro atoms. The summed E-state index contributed by atoms with van der Waals surface area (Å²) in [7, 11) is 0. The number of carbonyl (C=O) groups excluding carboxylic acids is 1. The second-order valence-electron chi connectivity index (χ2n) is 5.70. The van der Waals surface area contributed by atoms with E-state index in [4.69, 9.17) is 0 Å². The van der Waals surface area contributed by atoms with Crippen LogP contribution in [0.4, 0.5) is 5.69 Å². The number of nitrogens with one attached hydrogen (secondary N) is 1. The van der Waals surface area contributed by atoms with Crippen molar-refractivity contribution in [2.75, 3.05) is 5.32 Å². The Morgan fingerprint density at radius 3 is 2.73 bits per heavy atom. The van der Waals surface area contributed by atoms with Gasteiger partial charge in [-0.05, 0) is 62.1 Å². The third-order valence-electron chi connectivity index (χ3n) is 4.04. The lowest BCUT2D eigenvalue weighted by Crippen LogP contribution is -2.15. The van der Waals surface area contributed by atoms with Gasteiger partial charge in [0.15, 0.2) is 0 Å². The molecule has 0 atom stereocenters. The Balaban J connectivity index is 1.85. The molecule has 0 radical (unpaired) electrons. The van der Waals surface area contributed by atoms with Crippen LogP contribution in [-0.4, -0.2) is 5.91 Å². The van der Waals surface area contributed by atoms with Crippen molar-refractivity contribution in [2.45, 2.75) is 33.4 Å². The molecule has 0 saturated carbocycles. The summed E-state index contributed by atoms with van der Waals surface area (Å²) in [5, 5.41) is 3.05. The van der Waals surface area contributed by atoms with Crippen LogP contribution < -0.4 is 5.32 Å². The summed E-state index contributed by atoms with van der Waals surface area (Å²) in [5.74, 6) is 0.880. The summed E-state index contributed by atoms with van der Waals surface area (Å²) in [5.41, 5.74) is 5.89. The number of thiophene rings is 1. The second-order valence-corrected chi connectivity index (χ2v) is 7.97. The van der Waals surface area contributed by atoms with E-state index in [0.717, 1.165) is 27.5 Å². The third-order valence-corrected chi connectivity index (χ3v) is 6.28. The first-order valence-electron chi connectivity index (χ1n) is 7.27. The van der Waals surface area contributed by atoms with E-state index in [9.17, 15) is 4.79 Å². The van der Waals surface area contributed by atoms with E-state index in [1.807, 2.05) is 32.1 Å². The molecule has 1 amide bonds. The summed E-state index contributed by atoms with van der Waals surface area (Å²) in [4.78, 5) is 15.9. The van der Waals surface area contributed by atoms with Gasteiger partial charge in [-0.25, -0.2) is 0 Å². The standard InChI is InChI=1S/C18H19NOS2/c1-10-5-6-11(2)15(7-10)19-18(20)17-8-16-14(9-21-17)12(3)13(4)22-16/h5-8H,9H2,1-4H3,(H,19,20). The minimum atomic E-state index is -0.00643. The van der Waals surface area contributed by atoms with Gasteiger partial charge in [0.25, 0.3) is 5.91 Å². The molecule has 0 saturated heterocycles. The van der Waals surface area contributed by atoms with E-state index >= 15 is 0 Å². The van der Waals surface area contributed by atoms with Crippen molar-refractivity contribution in [1.29, 1.82) is 0 Å². The number of hydrogen-bond acceptors (Lipinski definition) is 3. The Kier molecular flexibility index (Phi) is 4.15. The molecule has 0 aliphatic carbocycles. The van der Waals surface area contributed by atoms with Gasteiger partial charge in [-0.2, -0.15) is 0 Å². The van der Waals surface area contributed by atoms with E-state index in [1.165, 1.54) is 20.9 Å². The predicted molar refractivity (Wildman–Crippen MR) is 97.6 cm³/mol. The number of hydrogen-bond donors (Lipinski definition) is 1. The van der Waals surface area contributed by atoms with E-state index < -0.39 is 0 Å². The first kappa shape index (κ1) is 15.4. The van der Waals surface area contributed by atoms with E-state index in [2.05, 4.69) is 25.2 Å². The topological polar surface area (TPSA) is 29.1 Å². The Bertz CT molecular complexity index is 787. The molecule has 2 aromatic rings. The fourth-order valence-electron chi connectivity index (χ4n) is 2.49. The van der Waals surface area contributed by atoms with Gasteiger partial charge in [-0.1, -0.05) is 12.1 Å². The molecular formula is C18H19NOS2. The number of benzene rings is 1. The molecule has 2 nitrogen and oxygen atoms in total. The van der Waals surface area contributed by atoms with Crippen LogP contribution in [0.25, 0.3) is 6.08 Å². The van der Waals surface area contributed by atoms with Gasteiger partial charge in [-0.15, -0.1) is 23.1 Å². The van der Waals surface area contributed by atoms with Crippen molar-refractivity contribution < 1.29 is 4.79 Å². The van der Waals surface area contributed by atoms with Crippen LogP contribution in [0.15, 0.2) is 23.1 Å². The Morgan fingerprint density at radius 2 is 1.95 bits per heavy atom. The number of thioether (sulfide) groups is 1. The Labute approximate surface area is 139 Å². The summed E-state index contributed by atoms with van der Waals surface area (Å²) in [6.45, 7) is 8.36. The SMILES string of the molecule is Cc1ccc(C)c(NC(=O)C2=Cc3sc(C)c(C)c3CS2)c1. The van der Waals surface area contributed by atoms with Crippen molar-refractivity contribution in [2.24, 2.45) is 0 Å². The molecule has 1 aliphatic rings. The van der Waals surface area contributed by atoms with Crippen LogP contribution in [0, 0.1) is 27.7 Å². The lowest BCUT2D eigenvalue weighted by Gasteiger charge is -2.15.